The third-order valence-corrected chi connectivity index (χ3v) is 3.20. The molecule has 0 aliphatic heterocycles. The summed E-state index contributed by atoms with van der Waals surface area (Å²) < 4.78 is 0. The van der Waals surface area contributed by atoms with Gasteiger partial charge in [0.15, 0.2) is 0 Å². The number of benzene rings is 1. The zero-order valence-electron chi connectivity index (χ0n) is 10.6. The second-order valence-electron chi connectivity index (χ2n) is 4.82. The van der Waals surface area contributed by atoms with Gasteiger partial charge in [-0.3, -0.25) is 4.79 Å². The van der Waals surface area contributed by atoms with E-state index in [1.165, 1.54) is 18.4 Å². The number of hydrogen-bond acceptors (Lipinski definition) is 2. The Morgan fingerprint density at radius 2 is 2.06 bits per heavy atom. The fourth-order valence-electron chi connectivity index (χ4n) is 1.93. The van der Waals surface area contributed by atoms with E-state index in [-0.39, 0.29) is 12.5 Å². The van der Waals surface area contributed by atoms with Gasteiger partial charge in [0.1, 0.15) is 0 Å². The molecule has 0 saturated heterocycles. The zero-order valence-corrected chi connectivity index (χ0v) is 10.6. The Kier molecular flexibility index (Phi) is 4.15. The van der Waals surface area contributed by atoms with E-state index in [4.69, 9.17) is 5.11 Å². The molecule has 2 rings (SSSR count). The van der Waals surface area contributed by atoms with Gasteiger partial charge in [0.05, 0.1) is 0 Å². The summed E-state index contributed by atoms with van der Waals surface area (Å²) in [7, 11) is 0. The molecule has 1 amide bonds. The molecule has 0 heterocycles. The molecule has 1 aliphatic carbocycles. The average molecular weight is 245 g/mol. The Morgan fingerprint density at radius 1 is 1.39 bits per heavy atom. The van der Waals surface area contributed by atoms with Gasteiger partial charge in [0, 0.05) is 18.4 Å². The minimum atomic E-state index is -0.0608. The van der Waals surface area contributed by atoms with E-state index >= 15 is 0 Å². The van der Waals surface area contributed by atoms with Crippen LogP contribution in [0.5, 0.6) is 0 Å². The van der Waals surface area contributed by atoms with Gasteiger partial charge in [-0.1, -0.05) is 17.7 Å². The third-order valence-electron chi connectivity index (χ3n) is 3.20. The summed E-state index contributed by atoms with van der Waals surface area (Å²) in [6, 6.07) is 7.57. The number of amides is 1. The average Bonchev–Trinajstić information content (AvgIpc) is 3.16. The molecule has 1 aromatic rings. The van der Waals surface area contributed by atoms with Gasteiger partial charge in [-0.25, -0.2) is 0 Å². The highest BCUT2D eigenvalue weighted by atomic mass is 16.2. The number of carbonyl (C=O) groups is 1. The van der Waals surface area contributed by atoms with Crippen molar-refractivity contribution in [2.75, 3.05) is 11.9 Å². The summed E-state index contributed by atoms with van der Waals surface area (Å²) in [5, 5.41) is 11.7. The lowest BCUT2D eigenvalue weighted by Crippen LogP contribution is -2.09. The predicted octanol–water partition coefficient (Wildman–Crippen LogP) is 2.52. The van der Waals surface area contributed by atoms with E-state index in [9.17, 15) is 4.79 Å². The molecular formula is C15H19NO2. The molecule has 0 radical (unpaired) electrons. The Hall–Kier alpha value is -1.61. The van der Waals surface area contributed by atoms with Gasteiger partial charge in [0.2, 0.25) is 5.91 Å². The Balaban J connectivity index is 1.92. The van der Waals surface area contributed by atoms with Crippen LogP contribution in [0, 0.1) is 5.92 Å². The highest BCUT2D eigenvalue weighted by molar-refractivity contribution is 5.99. The first-order chi connectivity index (χ1) is 8.69. The third kappa shape index (κ3) is 3.70. The number of anilines is 1. The van der Waals surface area contributed by atoms with Crippen molar-refractivity contribution in [3.05, 3.63) is 41.5 Å². The molecule has 2 N–H and O–H groups in total. The molecular weight excluding hydrogens is 226 g/mol. The van der Waals surface area contributed by atoms with Crippen LogP contribution in [0.2, 0.25) is 0 Å². The second-order valence-corrected chi connectivity index (χ2v) is 4.82. The van der Waals surface area contributed by atoms with Gasteiger partial charge in [0.25, 0.3) is 0 Å². The van der Waals surface area contributed by atoms with Crippen LogP contribution in [-0.4, -0.2) is 17.6 Å². The fourth-order valence-corrected chi connectivity index (χ4v) is 1.93. The second kappa shape index (κ2) is 5.83. The van der Waals surface area contributed by atoms with E-state index in [0.717, 1.165) is 11.3 Å². The highest BCUT2D eigenvalue weighted by Gasteiger charge is 2.23. The molecule has 3 heteroatoms. The summed E-state index contributed by atoms with van der Waals surface area (Å²) in [5.74, 6) is 0.567. The van der Waals surface area contributed by atoms with E-state index in [1.54, 1.807) is 6.08 Å². The maximum absolute atomic E-state index is 11.7. The largest absolute Gasteiger partial charge is 0.396 e. The Morgan fingerprint density at radius 3 is 2.61 bits per heavy atom. The van der Waals surface area contributed by atoms with E-state index < -0.39 is 0 Å². The normalized spacial score (nSPS) is 15.6. The van der Waals surface area contributed by atoms with Gasteiger partial charge >= 0.3 is 0 Å². The first-order valence-electron chi connectivity index (χ1n) is 6.38. The van der Waals surface area contributed by atoms with Crippen LogP contribution in [0.3, 0.4) is 0 Å². The van der Waals surface area contributed by atoms with Crippen molar-refractivity contribution < 1.29 is 9.90 Å². The van der Waals surface area contributed by atoms with Gasteiger partial charge in [-0.2, -0.15) is 0 Å². The Labute approximate surface area is 108 Å². The molecule has 0 bridgehead atoms. The Bertz CT molecular complexity index is 444. The van der Waals surface area contributed by atoms with Crippen LogP contribution >= 0.6 is 0 Å². The maximum atomic E-state index is 11.7. The molecule has 0 atom stereocenters. The molecule has 18 heavy (non-hydrogen) atoms. The van der Waals surface area contributed by atoms with Crippen LogP contribution in [-0.2, 0) is 11.2 Å². The molecule has 0 spiro atoms. The van der Waals surface area contributed by atoms with E-state index in [0.29, 0.717) is 12.3 Å². The number of carbonyl (C=O) groups excluding carboxylic acids is 1. The smallest absolute Gasteiger partial charge is 0.248 e. The van der Waals surface area contributed by atoms with Crippen LogP contribution in [0.15, 0.2) is 35.9 Å². The monoisotopic (exact) mass is 245 g/mol. The molecule has 1 saturated carbocycles. The van der Waals surface area contributed by atoms with Gasteiger partial charge in [-0.15, -0.1) is 0 Å². The lowest BCUT2D eigenvalue weighted by atomic mass is 10.1. The summed E-state index contributed by atoms with van der Waals surface area (Å²) >= 11 is 0. The zero-order chi connectivity index (χ0) is 13.0. The number of allylic oxidation sites excluding steroid dienone is 1. The molecule has 0 unspecified atom stereocenters. The molecule has 1 aromatic carbocycles. The van der Waals surface area contributed by atoms with Crippen molar-refractivity contribution in [3.8, 4) is 0 Å². The fraction of sp³-hybridized carbons (Fsp3) is 0.400. The summed E-state index contributed by atoms with van der Waals surface area (Å²) in [6.45, 7) is 2.16. The van der Waals surface area contributed by atoms with Gasteiger partial charge < -0.3 is 10.4 Å². The van der Waals surface area contributed by atoms with Crippen molar-refractivity contribution in [1.82, 2.24) is 0 Å². The number of hydrogen-bond donors (Lipinski definition) is 2. The minimum absolute atomic E-state index is 0.0608. The topological polar surface area (TPSA) is 49.3 Å². The van der Waals surface area contributed by atoms with Crippen molar-refractivity contribution in [2.45, 2.75) is 26.2 Å². The molecule has 0 aromatic heterocycles. The van der Waals surface area contributed by atoms with E-state index in [1.807, 2.05) is 31.2 Å². The highest BCUT2D eigenvalue weighted by Crippen LogP contribution is 2.35. The lowest BCUT2D eigenvalue weighted by molar-refractivity contribution is -0.112. The van der Waals surface area contributed by atoms with Crippen LogP contribution in [0.25, 0.3) is 0 Å². The number of aliphatic hydroxyl groups is 1. The number of nitrogens with one attached hydrogen (secondary N) is 1. The first-order valence-corrected chi connectivity index (χ1v) is 6.38. The molecule has 3 nitrogen and oxygen atoms in total. The van der Waals surface area contributed by atoms with Crippen LogP contribution < -0.4 is 5.32 Å². The van der Waals surface area contributed by atoms with Crippen LogP contribution in [0.4, 0.5) is 5.69 Å². The minimum Gasteiger partial charge on any atom is -0.396 e. The quantitative estimate of drug-likeness (QED) is 0.783. The predicted molar refractivity (Wildman–Crippen MR) is 72.3 cm³/mol. The number of rotatable bonds is 5. The van der Waals surface area contributed by atoms with Crippen molar-refractivity contribution in [3.63, 3.8) is 0 Å². The molecule has 1 aliphatic rings. The van der Waals surface area contributed by atoms with E-state index in [2.05, 4.69) is 5.32 Å². The number of aliphatic hydroxyl groups excluding tert-OH is 1. The summed E-state index contributed by atoms with van der Waals surface area (Å²) in [5.41, 5.74) is 3.03. The van der Waals surface area contributed by atoms with Gasteiger partial charge in [-0.05, 0) is 49.8 Å². The van der Waals surface area contributed by atoms with Crippen molar-refractivity contribution in [1.29, 1.82) is 0 Å². The molecule has 1 fully saturated rings. The standard InChI is InChI=1S/C15H19NO2/c1-11(13-4-5-13)10-15(18)16-14-6-2-12(3-7-14)8-9-17/h2-3,6-7,10,13,17H,4-5,8-9H2,1H3,(H,16,18)/b11-10-. The van der Waals surface area contributed by atoms with Crippen LogP contribution in [0.1, 0.15) is 25.3 Å². The molecule has 96 valence electrons. The summed E-state index contributed by atoms with van der Waals surface area (Å²) in [6.07, 6.45) is 4.77. The lowest BCUT2D eigenvalue weighted by Gasteiger charge is -2.04. The first kappa shape index (κ1) is 12.8. The summed E-state index contributed by atoms with van der Waals surface area (Å²) in [4.78, 5) is 11.7. The van der Waals surface area contributed by atoms with Crippen molar-refractivity contribution in [2.24, 2.45) is 5.92 Å². The SMILES string of the molecule is C/C(=C/C(=O)Nc1ccc(CCO)cc1)C1CC1. The van der Waals surface area contributed by atoms with Crippen molar-refractivity contribution >= 4 is 11.6 Å². The maximum Gasteiger partial charge on any atom is 0.248 e.